The van der Waals surface area contributed by atoms with Gasteiger partial charge in [0.2, 0.25) is 0 Å². The minimum atomic E-state index is -5.08. The van der Waals surface area contributed by atoms with Crippen molar-refractivity contribution in [2.75, 3.05) is 38.7 Å². The van der Waals surface area contributed by atoms with Gasteiger partial charge in [-0.05, 0) is 127 Å². The van der Waals surface area contributed by atoms with Crippen molar-refractivity contribution in [1.82, 2.24) is 20.4 Å². The molecule has 2 aliphatic heterocycles. The number of nitrogens with zero attached hydrogens (tertiary/aromatic N) is 2. The summed E-state index contributed by atoms with van der Waals surface area (Å²) in [4.78, 5) is 29.5. The number of halogens is 12. The van der Waals surface area contributed by atoms with Gasteiger partial charge >= 0.3 is 24.7 Å². The van der Waals surface area contributed by atoms with Crippen LogP contribution in [0.1, 0.15) is 107 Å². The van der Waals surface area contributed by atoms with E-state index in [9.17, 15) is 62.3 Å². The molecule has 0 radical (unpaired) electrons. The average molecular weight is 881 g/mol. The molecular weight excluding hydrogens is 837 g/mol. The summed E-state index contributed by atoms with van der Waals surface area (Å²) >= 11 is 1.39. The fourth-order valence-electron chi connectivity index (χ4n) is 8.52. The Kier molecular flexibility index (Phi) is 14.7. The van der Waals surface area contributed by atoms with E-state index >= 15 is 0 Å². The zero-order chi connectivity index (χ0) is 42.8. The number of hydrogen-bond acceptors (Lipinski definition) is 6. The third-order valence-corrected chi connectivity index (χ3v) is 12.7. The van der Waals surface area contributed by atoms with Gasteiger partial charge in [0.15, 0.2) is 0 Å². The van der Waals surface area contributed by atoms with Crippen molar-refractivity contribution in [3.8, 4) is 0 Å². The predicted molar refractivity (Wildman–Crippen MR) is 196 cm³/mol. The highest BCUT2D eigenvalue weighted by Crippen LogP contribution is 2.43. The molecule has 2 heterocycles. The van der Waals surface area contributed by atoms with Crippen molar-refractivity contribution in [1.29, 1.82) is 0 Å². The number of amides is 2. The molecule has 2 saturated carbocycles. The molecule has 4 aliphatic rings. The monoisotopic (exact) mass is 880 g/mol. The summed E-state index contributed by atoms with van der Waals surface area (Å²) in [5.74, 6) is -1.93. The Bertz CT molecular complexity index is 1640. The van der Waals surface area contributed by atoms with Gasteiger partial charge in [-0.15, -0.1) is 23.5 Å². The molecule has 0 unspecified atom stereocenters. The normalized spacial score (nSPS) is 23.6. The summed E-state index contributed by atoms with van der Waals surface area (Å²) < 4.78 is 160. The fourth-order valence-corrected chi connectivity index (χ4v) is 9.82. The molecule has 2 aliphatic carbocycles. The van der Waals surface area contributed by atoms with E-state index < -0.39 is 69.9 Å². The van der Waals surface area contributed by atoms with Gasteiger partial charge in [0.25, 0.3) is 11.8 Å². The Morgan fingerprint density at radius 1 is 0.517 bits per heavy atom. The summed E-state index contributed by atoms with van der Waals surface area (Å²) in [5.41, 5.74) is -7.40. The molecule has 58 heavy (non-hydrogen) atoms. The van der Waals surface area contributed by atoms with Gasteiger partial charge in [0, 0.05) is 34.0 Å². The van der Waals surface area contributed by atoms with E-state index in [0.717, 1.165) is 77.5 Å². The van der Waals surface area contributed by atoms with Crippen LogP contribution in [0.15, 0.2) is 34.1 Å². The molecule has 2 amide bonds. The Morgan fingerprint density at radius 3 is 1.12 bits per heavy atom. The van der Waals surface area contributed by atoms with Crippen LogP contribution < -0.4 is 10.6 Å². The fraction of sp³-hybridized carbons (Fsp3) is 0.632. The van der Waals surface area contributed by atoms with Crippen LogP contribution in [0.3, 0.4) is 0 Å². The first-order valence-electron chi connectivity index (χ1n) is 18.9. The highest BCUT2D eigenvalue weighted by molar-refractivity contribution is 7.99. The molecule has 0 spiro atoms. The van der Waals surface area contributed by atoms with Crippen LogP contribution in [0.25, 0.3) is 0 Å². The highest BCUT2D eigenvalue weighted by atomic mass is 32.2. The zero-order valence-electron chi connectivity index (χ0n) is 31.6. The summed E-state index contributed by atoms with van der Waals surface area (Å²) in [6.45, 7) is 3.56. The molecular formula is C38H44F12N4O2S2. The quantitative estimate of drug-likeness (QED) is 0.203. The second-order valence-corrected chi connectivity index (χ2v) is 16.5. The first-order chi connectivity index (χ1) is 27.0. The van der Waals surface area contributed by atoms with Gasteiger partial charge in [-0.1, -0.05) is 0 Å². The molecule has 324 valence electrons. The van der Waals surface area contributed by atoms with Crippen molar-refractivity contribution in [3.63, 3.8) is 0 Å². The van der Waals surface area contributed by atoms with Crippen molar-refractivity contribution < 1.29 is 62.3 Å². The van der Waals surface area contributed by atoms with Crippen molar-refractivity contribution in [2.24, 2.45) is 0 Å². The van der Waals surface area contributed by atoms with E-state index in [1.165, 1.54) is 12.5 Å². The minimum absolute atomic E-state index is 0.0290. The number of hydrogen-bond donors (Lipinski definition) is 2. The number of rotatable bonds is 8. The summed E-state index contributed by atoms with van der Waals surface area (Å²) in [7, 11) is 0. The molecule has 0 bridgehead atoms. The van der Waals surface area contributed by atoms with E-state index in [1.807, 2.05) is 0 Å². The van der Waals surface area contributed by atoms with Crippen LogP contribution in [0.2, 0.25) is 0 Å². The Balaban J connectivity index is 0.000000221. The second-order valence-electron chi connectivity index (χ2n) is 14.8. The largest absolute Gasteiger partial charge is 0.417 e. The Morgan fingerprint density at radius 2 is 0.845 bits per heavy atom. The number of benzene rings is 2. The zero-order valence-corrected chi connectivity index (χ0v) is 33.2. The molecule has 2 aromatic rings. The molecule has 4 atom stereocenters. The first kappa shape index (κ1) is 46.2. The predicted octanol–water partition coefficient (Wildman–Crippen LogP) is 10.4. The molecule has 6 rings (SSSR count). The minimum Gasteiger partial charge on any atom is -0.348 e. The van der Waals surface area contributed by atoms with Gasteiger partial charge in [-0.2, -0.15) is 52.7 Å². The lowest BCUT2D eigenvalue weighted by Crippen LogP contribution is -2.48. The van der Waals surface area contributed by atoms with Crippen molar-refractivity contribution >= 4 is 35.3 Å². The summed E-state index contributed by atoms with van der Waals surface area (Å²) in [6.07, 6.45) is -8.47. The summed E-state index contributed by atoms with van der Waals surface area (Å²) in [5, 5.41) is 5.38. The number of thioether (sulfide) groups is 2. The van der Waals surface area contributed by atoms with Crippen LogP contribution in [-0.4, -0.2) is 84.5 Å². The maximum atomic E-state index is 13.6. The molecule has 2 aromatic carbocycles. The molecule has 6 nitrogen and oxygen atoms in total. The van der Waals surface area contributed by atoms with Crippen molar-refractivity contribution in [3.05, 3.63) is 57.6 Å². The van der Waals surface area contributed by atoms with Gasteiger partial charge in [0.05, 0.1) is 33.4 Å². The van der Waals surface area contributed by atoms with Crippen LogP contribution in [0.5, 0.6) is 0 Å². The Labute approximate surface area is 336 Å². The third kappa shape index (κ3) is 10.9. The van der Waals surface area contributed by atoms with Gasteiger partial charge in [-0.25, -0.2) is 0 Å². The molecule has 2 N–H and O–H groups in total. The molecule has 20 heteroatoms. The first-order valence-corrected chi connectivity index (χ1v) is 21.3. The van der Waals surface area contributed by atoms with Gasteiger partial charge in [-0.3, -0.25) is 19.4 Å². The smallest absolute Gasteiger partial charge is 0.348 e. The van der Waals surface area contributed by atoms with Crippen LogP contribution >= 0.6 is 23.5 Å². The third-order valence-electron chi connectivity index (χ3n) is 11.2. The maximum Gasteiger partial charge on any atom is 0.417 e. The lowest BCUT2D eigenvalue weighted by molar-refractivity contribution is -0.145. The standard InChI is InChI=1S/2C19H22F6N2OS/c2*1-29-15-10-11(18(20,21)22)9-12(19(23,24)25)16(15)17(28)26-13-5-4-6-14(13)27-7-2-3-8-27/h2*9-10,13-14H,2-8H2,1H3,(H,26,28)/t2*13-,14+/m11/s1. The van der Waals surface area contributed by atoms with Crippen LogP contribution in [0, 0.1) is 0 Å². The van der Waals surface area contributed by atoms with Gasteiger partial charge in [0.1, 0.15) is 0 Å². The lowest BCUT2D eigenvalue weighted by Gasteiger charge is -2.30. The van der Waals surface area contributed by atoms with E-state index in [0.29, 0.717) is 48.5 Å². The van der Waals surface area contributed by atoms with Gasteiger partial charge < -0.3 is 10.6 Å². The van der Waals surface area contributed by atoms with E-state index in [1.54, 1.807) is 0 Å². The number of carbonyl (C=O) groups excluding carboxylic acids is 2. The highest BCUT2D eigenvalue weighted by Gasteiger charge is 2.44. The SMILES string of the molecule is CSc1cc(C(F)(F)F)cc(C(F)(F)F)c1C(=O)N[C@@H]1CCC[C@@H]1N1CCCC1.CSc1cc(C(F)(F)F)cc(C(F)(F)F)c1C(=O)N[C@@H]1CCC[C@@H]1N1CCCC1. The topological polar surface area (TPSA) is 64.7 Å². The molecule has 0 aromatic heterocycles. The molecule has 2 saturated heterocycles. The van der Waals surface area contributed by atoms with E-state index in [4.69, 9.17) is 0 Å². The van der Waals surface area contributed by atoms with E-state index in [-0.39, 0.29) is 46.1 Å². The summed E-state index contributed by atoms with van der Waals surface area (Å²) in [6, 6.07) is 0.786. The number of likely N-dealkylation sites (tertiary alicyclic amines) is 2. The Hall–Kier alpha value is -2.84. The average Bonchev–Trinajstić information content (AvgIpc) is 3.97. The van der Waals surface area contributed by atoms with Crippen LogP contribution in [-0.2, 0) is 24.7 Å². The number of nitrogens with one attached hydrogen (secondary N) is 2. The molecule has 4 fully saturated rings. The number of carbonyl (C=O) groups is 2. The maximum absolute atomic E-state index is 13.6. The number of alkyl halides is 12. The lowest BCUT2D eigenvalue weighted by atomic mass is 10.0. The van der Waals surface area contributed by atoms with E-state index in [2.05, 4.69) is 20.4 Å². The van der Waals surface area contributed by atoms with Crippen LogP contribution in [0.4, 0.5) is 52.7 Å². The second kappa shape index (κ2) is 18.4. The van der Waals surface area contributed by atoms with Crippen molar-refractivity contribution in [2.45, 2.75) is 123 Å².